The Bertz CT molecular complexity index is 1030. The van der Waals surface area contributed by atoms with Crippen molar-refractivity contribution in [3.05, 3.63) is 77.4 Å². The van der Waals surface area contributed by atoms with Crippen molar-refractivity contribution in [2.24, 2.45) is 0 Å². The number of methoxy groups -OCH3 is 1. The molecule has 0 saturated carbocycles. The summed E-state index contributed by atoms with van der Waals surface area (Å²) >= 11 is 0. The fourth-order valence-electron chi connectivity index (χ4n) is 4.03. The lowest BCUT2D eigenvalue weighted by Crippen LogP contribution is -2.39. The van der Waals surface area contributed by atoms with Crippen LogP contribution in [0.1, 0.15) is 46.2 Å². The molecule has 3 aromatic rings. The number of ether oxygens (including phenoxy) is 1. The van der Waals surface area contributed by atoms with Gasteiger partial charge >= 0.3 is 0 Å². The molecule has 0 N–H and O–H groups in total. The Morgan fingerprint density at radius 3 is 2.53 bits per heavy atom. The van der Waals surface area contributed by atoms with Gasteiger partial charge in [-0.05, 0) is 74.2 Å². The van der Waals surface area contributed by atoms with E-state index in [4.69, 9.17) is 9.72 Å². The number of hydrogen-bond acceptors (Lipinski definition) is 4. The van der Waals surface area contributed by atoms with E-state index in [-0.39, 0.29) is 11.8 Å². The average Bonchev–Trinajstić information content (AvgIpc) is 2.79. The highest BCUT2D eigenvalue weighted by molar-refractivity contribution is 5.94. The first kappa shape index (κ1) is 20.1. The second-order valence-electron chi connectivity index (χ2n) is 7.93. The van der Waals surface area contributed by atoms with Crippen molar-refractivity contribution in [3.63, 3.8) is 0 Å². The SMILES string of the molecule is COc1ccc(-c2cc(C)nc(C3CCCN(C(=O)c4ccc(C)nc4)C3)c2)cc1. The molecule has 0 radical (unpaired) electrons. The minimum atomic E-state index is 0.0511. The second-order valence-corrected chi connectivity index (χ2v) is 7.93. The number of carbonyl (C=O) groups is 1. The molecule has 5 nitrogen and oxygen atoms in total. The van der Waals surface area contributed by atoms with E-state index in [0.29, 0.717) is 12.1 Å². The maximum atomic E-state index is 13.0. The molecule has 1 aromatic carbocycles. The highest BCUT2D eigenvalue weighted by Crippen LogP contribution is 2.30. The van der Waals surface area contributed by atoms with Crippen molar-refractivity contribution in [1.82, 2.24) is 14.9 Å². The zero-order chi connectivity index (χ0) is 21.1. The van der Waals surface area contributed by atoms with Crippen LogP contribution >= 0.6 is 0 Å². The third-order valence-electron chi connectivity index (χ3n) is 5.68. The summed E-state index contributed by atoms with van der Waals surface area (Å²) in [6.45, 7) is 5.42. The average molecular weight is 402 g/mol. The number of aromatic nitrogens is 2. The summed E-state index contributed by atoms with van der Waals surface area (Å²) < 4.78 is 5.27. The summed E-state index contributed by atoms with van der Waals surface area (Å²) in [6, 6.07) is 16.1. The van der Waals surface area contributed by atoms with Gasteiger partial charge in [-0.2, -0.15) is 0 Å². The van der Waals surface area contributed by atoms with Crippen molar-refractivity contribution in [1.29, 1.82) is 0 Å². The van der Waals surface area contributed by atoms with E-state index in [1.165, 1.54) is 0 Å². The molecule has 1 aliphatic heterocycles. The van der Waals surface area contributed by atoms with Gasteiger partial charge in [-0.15, -0.1) is 0 Å². The van der Waals surface area contributed by atoms with Crippen LogP contribution in [0.25, 0.3) is 11.1 Å². The minimum absolute atomic E-state index is 0.0511. The zero-order valence-electron chi connectivity index (χ0n) is 17.8. The number of carbonyl (C=O) groups excluding carboxylic acids is 1. The van der Waals surface area contributed by atoms with E-state index in [9.17, 15) is 4.79 Å². The van der Waals surface area contributed by atoms with Crippen LogP contribution in [0.15, 0.2) is 54.7 Å². The van der Waals surface area contributed by atoms with Crippen molar-refractivity contribution >= 4 is 5.91 Å². The first-order chi connectivity index (χ1) is 14.5. The topological polar surface area (TPSA) is 55.3 Å². The number of benzene rings is 1. The summed E-state index contributed by atoms with van der Waals surface area (Å²) in [6.07, 6.45) is 3.69. The Morgan fingerprint density at radius 1 is 1.03 bits per heavy atom. The van der Waals surface area contributed by atoms with Gasteiger partial charge in [-0.25, -0.2) is 0 Å². The van der Waals surface area contributed by atoms with Gasteiger partial charge in [0.2, 0.25) is 0 Å². The molecule has 1 amide bonds. The van der Waals surface area contributed by atoms with Gasteiger partial charge in [0.25, 0.3) is 5.91 Å². The van der Waals surface area contributed by atoms with Gasteiger partial charge in [0, 0.05) is 42.3 Å². The van der Waals surface area contributed by atoms with Crippen LogP contribution in [0.5, 0.6) is 5.75 Å². The van der Waals surface area contributed by atoms with Crippen molar-refractivity contribution in [3.8, 4) is 16.9 Å². The predicted octanol–water partition coefficient (Wildman–Crippen LogP) is 4.79. The van der Waals surface area contributed by atoms with E-state index >= 15 is 0 Å². The van der Waals surface area contributed by atoms with Crippen molar-refractivity contribution in [2.45, 2.75) is 32.6 Å². The molecular weight excluding hydrogens is 374 g/mol. The molecule has 2 aromatic heterocycles. The lowest BCUT2D eigenvalue weighted by Gasteiger charge is -2.33. The molecule has 154 valence electrons. The molecular formula is C25H27N3O2. The molecule has 0 spiro atoms. The van der Waals surface area contributed by atoms with Crippen LogP contribution in [0.4, 0.5) is 0 Å². The molecule has 30 heavy (non-hydrogen) atoms. The van der Waals surface area contributed by atoms with E-state index in [1.54, 1.807) is 13.3 Å². The Kier molecular flexibility index (Phi) is 5.79. The van der Waals surface area contributed by atoms with E-state index < -0.39 is 0 Å². The molecule has 1 aliphatic rings. The van der Waals surface area contributed by atoms with Gasteiger partial charge in [0.05, 0.1) is 12.7 Å². The monoisotopic (exact) mass is 401 g/mol. The standard InChI is InChI=1S/C25H27N3O2/c1-17-6-7-20(15-26-17)25(29)28-12-4-5-21(16-28)24-14-22(13-18(2)27-24)19-8-10-23(30-3)11-9-19/h6-11,13-15,21H,4-5,12,16H2,1-3H3. The molecule has 1 atom stereocenters. The fourth-order valence-corrected chi connectivity index (χ4v) is 4.03. The van der Waals surface area contributed by atoms with Crippen LogP contribution in [-0.2, 0) is 0 Å². The molecule has 5 heteroatoms. The number of piperidine rings is 1. The molecule has 1 saturated heterocycles. The summed E-state index contributed by atoms with van der Waals surface area (Å²) in [5.74, 6) is 1.13. The first-order valence-electron chi connectivity index (χ1n) is 10.4. The van der Waals surface area contributed by atoms with Gasteiger partial charge in [0.1, 0.15) is 5.75 Å². The fraction of sp³-hybridized carbons (Fsp3) is 0.320. The van der Waals surface area contributed by atoms with E-state index in [2.05, 4.69) is 29.2 Å². The Morgan fingerprint density at radius 2 is 1.83 bits per heavy atom. The van der Waals surface area contributed by atoms with E-state index in [0.717, 1.165) is 53.3 Å². The lowest BCUT2D eigenvalue weighted by molar-refractivity contribution is 0.0705. The van der Waals surface area contributed by atoms with Gasteiger partial charge in [0.15, 0.2) is 0 Å². The number of aryl methyl sites for hydroxylation is 2. The Hall–Kier alpha value is -3.21. The number of amides is 1. The van der Waals surface area contributed by atoms with E-state index in [1.807, 2.05) is 43.0 Å². The number of likely N-dealkylation sites (tertiary alicyclic amines) is 1. The van der Waals surface area contributed by atoms with Crippen LogP contribution in [0, 0.1) is 13.8 Å². The molecule has 4 rings (SSSR count). The van der Waals surface area contributed by atoms with Crippen molar-refractivity contribution in [2.75, 3.05) is 20.2 Å². The summed E-state index contributed by atoms with van der Waals surface area (Å²) in [7, 11) is 1.67. The summed E-state index contributed by atoms with van der Waals surface area (Å²) in [5, 5.41) is 0. The molecule has 0 bridgehead atoms. The smallest absolute Gasteiger partial charge is 0.255 e. The maximum Gasteiger partial charge on any atom is 0.255 e. The maximum absolute atomic E-state index is 13.0. The quantitative estimate of drug-likeness (QED) is 0.631. The first-order valence-corrected chi connectivity index (χ1v) is 10.4. The van der Waals surface area contributed by atoms with Crippen LogP contribution in [0.2, 0.25) is 0 Å². The largest absolute Gasteiger partial charge is 0.497 e. The summed E-state index contributed by atoms with van der Waals surface area (Å²) in [4.78, 5) is 24.0. The number of hydrogen-bond donors (Lipinski definition) is 0. The molecule has 1 fully saturated rings. The molecule has 0 aliphatic carbocycles. The van der Waals surface area contributed by atoms with Gasteiger partial charge in [-0.1, -0.05) is 12.1 Å². The summed E-state index contributed by atoms with van der Waals surface area (Å²) in [5.41, 5.74) is 5.89. The number of rotatable bonds is 4. The number of pyridine rings is 2. The van der Waals surface area contributed by atoms with Crippen LogP contribution in [0.3, 0.4) is 0 Å². The second kappa shape index (κ2) is 8.66. The third-order valence-corrected chi connectivity index (χ3v) is 5.68. The normalized spacial score (nSPS) is 16.4. The third kappa shape index (κ3) is 4.35. The highest BCUT2D eigenvalue weighted by atomic mass is 16.5. The molecule has 3 heterocycles. The zero-order valence-corrected chi connectivity index (χ0v) is 17.8. The van der Waals surface area contributed by atoms with Gasteiger partial charge < -0.3 is 9.64 Å². The molecule has 1 unspecified atom stereocenters. The predicted molar refractivity (Wildman–Crippen MR) is 118 cm³/mol. The van der Waals surface area contributed by atoms with Gasteiger partial charge in [-0.3, -0.25) is 14.8 Å². The lowest BCUT2D eigenvalue weighted by atomic mass is 9.92. The van der Waals surface area contributed by atoms with Crippen LogP contribution in [-0.4, -0.2) is 41.0 Å². The Balaban J connectivity index is 1.56. The van der Waals surface area contributed by atoms with Crippen LogP contribution < -0.4 is 4.74 Å². The minimum Gasteiger partial charge on any atom is -0.497 e. The highest BCUT2D eigenvalue weighted by Gasteiger charge is 2.27. The number of nitrogens with zero attached hydrogens (tertiary/aromatic N) is 3. The Labute approximate surface area is 177 Å². The van der Waals surface area contributed by atoms with Crippen molar-refractivity contribution < 1.29 is 9.53 Å².